The molecule has 4 heteroatoms. The van der Waals surface area contributed by atoms with Crippen molar-refractivity contribution in [2.24, 2.45) is 0 Å². The van der Waals surface area contributed by atoms with Crippen LogP contribution in [0.2, 0.25) is 0 Å². The van der Waals surface area contributed by atoms with E-state index in [-0.39, 0.29) is 58.0 Å². The Hall–Kier alpha value is 1.07. The molecule has 0 aromatic heterocycles. The quantitative estimate of drug-likeness (QED) is 0.337. The second kappa shape index (κ2) is 28.9. The van der Waals surface area contributed by atoms with E-state index in [9.17, 15) is 4.79 Å². The number of hydrogen-bond acceptors (Lipinski definition) is 2. The standard InChI is InChI=1S/C18H36O2.C2H5O.K/c1-2-3-4-5-6-7-8-9-10-11-12-13-14-15-16-17-18(19)20;1-2-3;/h2-17H2,1H3,(H,19,20);2H2,1H3;/q;-1;+1. The van der Waals surface area contributed by atoms with Crippen LogP contribution in [0.3, 0.4) is 0 Å². The largest absolute Gasteiger partial charge is 1.00 e. The summed E-state index contributed by atoms with van der Waals surface area (Å²) in [6.45, 7) is 3.84. The Morgan fingerprint density at radius 1 is 0.667 bits per heavy atom. The summed E-state index contributed by atoms with van der Waals surface area (Å²) in [6, 6.07) is 0. The first kappa shape index (κ1) is 29.8. The third kappa shape index (κ3) is 34.4. The van der Waals surface area contributed by atoms with Crippen LogP contribution in [0.1, 0.15) is 117 Å². The van der Waals surface area contributed by atoms with Gasteiger partial charge in [-0.15, -0.1) is 6.61 Å². The van der Waals surface area contributed by atoms with Gasteiger partial charge in [0.25, 0.3) is 0 Å². The molecule has 0 fully saturated rings. The van der Waals surface area contributed by atoms with Crippen molar-refractivity contribution in [2.75, 3.05) is 6.61 Å². The molecule has 24 heavy (non-hydrogen) atoms. The van der Waals surface area contributed by atoms with Crippen molar-refractivity contribution in [3.05, 3.63) is 0 Å². The van der Waals surface area contributed by atoms with Crippen molar-refractivity contribution in [1.29, 1.82) is 0 Å². The number of unbranched alkanes of at least 4 members (excludes halogenated alkanes) is 14. The first-order valence-electron chi connectivity index (χ1n) is 9.98. The van der Waals surface area contributed by atoms with Crippen molar-refractivity contribution in [2.45, 2.75) is 117 Å². The monoisotopic (exact) mass is 368 g/mol. The van der Waals surface area contributed by atoms with Crippen molar-refractivity contribution < 1.29 is 66.4 Å². The van der Waals surface area contributed by atoms with E-state index in [1.165, 1.54) is 83.5 Å². The van der Waals surface area contributed by atoms with E-state index in [0.29, 0.717) is 6.42 Å². The van der Waals surface area contributed by atoms with Crippen LogP contribution in [-0.4, -0.2) is 17.7 Å². The Bertz CT molecular complexity index is 223. The fraction of sp³-hybridized carbons (Fsp3) is 0.950. The van der Waals surface area contributed by atoms with Gasteiger partial charge in [0.2, 0.25) is 0 Å². The molecule has 0 aromatic carbocycles. The van der Waals surface area contributed by atoms with Gasteiger partial charge in [-0.1, -0.05) is 104 Å². The van der Waals surface area contributed by atoms with Crippen LogP contribution >= 0.6 is 0 Å². The minimum atomic E-state index is -0.653. The Morgan fingerprint density at radius 2 is 0.917 bits per heavy atom. The summed E-state index contributed by atoms with van der Waals surface area (Å²) >= 11 is 0. The summed E-state index contributed by atoms with van der Waals surface area (Å²) < 4.78 is 0. The molecule has 0 aliphatic rings. The van der Waals surface area contributed by atoms with Crippen LogP contribution in [0.5, 0.6) is 0 Å². The van der Waals surface area contributed by atoms with Gasteiger partial charge < -0.3 is 10.2 Å². The van der Waals surface area contributed by atoms with E-state index in [4.69, 9.17) is 10.2 Å². The molecular weight excluding hydrogens is 327 g/mol. The summed E-state index contributed by atoms with van der Waals surface area (Å²) in [5.41, 5.74) is 0. The van der Waals surface area contributed by atoms with Crippen molar-refractivity contribution in [3.8, 4) is 0 Å². The van der Waals surface area contributed by atoms with Gasteiger partial charge in [-0.3, -0.25) is 4.79 Å². The normalized spacial score (nSPS) is 9.79. The molecule has 0 aromatic rings. The molecule has 0 atom stereocenters. The molecule has 0 rings (SSSR count). The first-order valence-corrected chi connectivity index (χ1v) is 9.98. The topological polar surface area (TPSA) is 60.4 Å². The average molecular weight is 369 g/mol. The molecule has 0 amide bonds. The third-order valence-electron chi connectivity index (χ3n) is 3.99. The van der Waals surface area contributed by atoms with Gasteiger partial charge in [-0.25, -0.2) is 0 Å². The molecule has 0 spiro atoms. The van der Waals surface area contributed by atoms with Gasteiger partial charge in [0.1, 0.15) is 0 Å². The van der Waals surface area contributed by atoms with Gasteiger partial charge in [0, 0.05) is 6.42 Å². The van der Waals surface area contributed by atoms with Crippen LogP contribution in [0.25, 0.3) is 0 Å². The van der Waals surface area contributed by atoms with Gasteiger partial charge in [0.05, 0.1) is 0 Å². The first-order chi connectivity index (χ1) is 11.2. The molecule has 1 N–H and O–H groups in total. The zero-order chi connectivity index (χ0) is 17.6. The van der Waals surface area contributed by atoms with Crippen molar-refractivity contribution >= 4 is 5.97 Å². The number of hydrogen-bond donors (Lipinski definition) is 1. The molecule has 0 unspecified atom stereocenters. The minimum Gasteiger partial charge on any atom is -0.855 e. The van der Waals surface area contributed by atoms with E-state index in [1.807, 2.05) is 0 Å². The predicted octanol–water partition coefficient (Wildman–Crippen LogP) is 2.70. The SMILES string of the molecule is CCCCCCCCCCCCCCCCCC(=O)O.CC[O-].[K+]. The number of aliphatic carboxylic acids is 1. The van der Waals surface area contributed by atoms with Gasteiger partial charge in [0.15, 0.2) is 0 Å². The van der Waals surface area contributed by atoms with Crippen LogP contribution in [0.15, 0.2) is 0 Å². The molecule has 0 radical (unpaired) electrons. The van der Waals surface area contributed by atoms with Gasteiger partial charge >= 0.3 is 57.4 Å². The summed E-state index contributed by atoms with van der Waals surface area (Å²) in [5, 5.41) is 17.4. The number of carboxylic acids is 1. The fourth-order valence-corrected chi connectivity index (χ4v) is 2.65. The second-order valence-corrected chi connectivity index (χ2v) is 6.38. The Balaban J connectivity index is -0.00000102. The zero-order valence-electron chi connectivity index (χ0n) is 16.8. The fourth-order valence-electron chi connectivity index (χ4n) is 2.65. The number of carboxylic acid groups (broad SMARTS) is 1. The van der Waals surface area contributed by atoms with Gasteiger partial charge in [-0.2, -0.15) is 0 Å². The van der Waals surface area contributed by atoms with Crippen molar-refractivity contribution in [3.63, 3.8) is 0 Å². The van der Waals surface area contributed by atoms with Crippen LogP contribution < -0.4 is 56.5 Å². The molecular formula is C20H41KO3. The molecule has 0 bridgehead atoms. The number of carbonyl (C=O) groups is 1. The molecule has 3 nitrogen and oxygen atoms in total. The van der Waals surface area contributed by atoms with Crippen molar-refractivity contribution in [1.82, 2.24) is 0 Å². The van der Waals surface area contributed by atoms with E-state index in [0.717, 1.165) is 12.8 Å². The minimum absolute atomic E-state index is 0. The smallest absolute Gasteiger partial charge is 0.855 e. The maximum atomic E-state index is 10.3. The van der Waals surface area contributed by atoms with E-state index >= 15 is 0 Å². The third-order valence-corrected chi connectivity index (χ3v) is 3.99. The predicted molar refractivity (Wildman–Crippen MR) is 97.7 cm³/mol. The summed E-state index contributed by atoms with van der Waals surface area (Å²) in [7, 11) is 0. The molecule has 0 heterocycles. The van der Waals surface area contributed by atoms with E-state index < -0.39 is 5.97 Å². The average Bonchev–Trinajstić information content (AvgIpc) is 2.51. The van der Waals surface area contributed by atoms with E-state index in [1.54, 1.807) is 6.92 Å². The zero-order valence-corrected chi connectivity index (χ0v) is 19.9. The summed E-state index contributed by atoms with van der Waals surface area (Å²) in [5.74, 6) is -0.653. The van der Waals surface area contributed by atoms with Gasteiger partial charge in [-0.05, 0) is 6.42 Å². The van der Waals surface area contributed by atoms with E-state index in [2.05, 4.69) is 6.92 Å². The molecule has 140 valence electrons. The summed E-state index contributed by atoms with van der Waals surface area (Å²) in [4.78, 5) is 10.3. The number of rotatable bonds is 16. The summed E-state index contributed by atoms with van der Waals surface area (Å²) in [6.07, 6.45) is 20.2. The maximum Gasteiger partial charge on any atom is 1.00 e. The maximum absolute atomic E-state index is 10.3. The molecule has 0 saturated heterocycles. The van der Waals surface area contributed by atoms with Crippen LogP contribution in [0, 0.1) is 0 Å². The Morgan fingerprint density at radius 3 is 1.17 bits per heavy atom. The second-order valence-electron chi connectivity index (χ2n) is 6.38. The van der Waals surface area contributed by atoms with Crippen LogP contribution in [0.4, 0.5) is 0 Å². The van der Waals surface area contributed by atoms with Crippen LogP contribution in [-0.2, 0) is 4.79 Å². The Labute approximate surface area is 193 Å². The molecule has 0 saturated carbocycles. The molecule has 0 aliphatic carbocycles. The molecule has 0 aliphatic heterocycles. The Kier molecular flexibility index (Phi) is 35.8.